The van der Waals surface area contributed by atoms with Gasteiger partial charge in [-0.05, 0) is 51.0 Å². The molecule has 104 valence electrons. The van der Waals surface area contributed by atoms with Crippen molar-refractivity contribution in [3.8, 4) is 0 Å². The first kappa shape index (κ1) is 12.9. The Hall–Kier alpha value is -0.0800. The van der Waals surface area contributed by atoms with Gasteiger partial charge in [-0.2, -0.15) is 0 Å². The average Bonchev–Trinajstić information content (AvgIpc) is 2.83. The van der Waals surface area contributed by atoms with Gasteiger partial charge in [0.25, 0.3) is 0 Å². The Morgan fingerprint density at radius 3 is 2.22 bits per heavy atom. The Morgan fingerprint density at radius 2 is 1.61 bits per heavy atom. The molecule has 1 saturated carbocycles. The maximum absolute atomic E-state index is 3.70. The Balaban J connectivity index is 1.60. The van der Waals surface area contributed by atoms with Crippen molar-refractivity contribution in [2.24, 2.45) is 5.92 Å². The van der Waals surface area contributed by atoms with Crippen LogP contribution in [0.25, 0.3) is 0 Å². The minimum absolute atomic E-state index is 0.810. The molecule has 3 rings (SSSR count). The molecule has 0 aromatic carbocycles. The van der Waals surface area contributed by atoms with Crippen LogP contribution in [0.5, 0.6) is 0 Å². The van der Waals surface area contributed by atoms with E-state index in [9.17, 15) is 0 Å². The summed E-state index contributed by atoms with van der Waals surface area (Å²) < 4.78 is 0. The van der Waals surface area contributed by atoms with Crippen molar-refractivity contribution in [1.29, 1.82) is 0 Å². The molecular weight excluding hydrogens is 220 g/mol. The van der Waals surface area contributed by atoms with Gasteiger partial charge in [-0.3, -0.25) is 4.90 Å². The minimum Gasteiger partial charge on any atom is -0.314 e. The summed E-state index contributed by atoms with van der Waals surface area (Å²) in [4.78, 5) is 2.92. The van der Waals surface area contributed by atoms with Gasteiger partial charge in [-0.1, -0.05) is 26.2 Å². The van der Waals surface area contributed by atoms with E-state index in [1.807, 2.05) is 0 Å². The van der Waals surface area contributed by atoms with E-state index in [1.165, 1.54) is 64.3 Å². The van der Waals surface area contributed by atoms with E-state index < -0.39 is 0 Å². The van der Waals surface area contributed by atoms with Crippen LogP contribution in [0.2, 0.25) is 0 Å². The number of hydrogen-bond acceptors (Lipinski definition) is 2. The van der Waals surface area contributed by atoms with Crippen LogP contribution in [0, 0.1) is 5.92 Å². The third kappa shape index (κ3) is 2.75. The van der Waals surface area contributed by atoms with Crippen molar-refractivity contribution in [2.45, 2.75) is 82.8 Å². The molecule has 2 aliphatic heterocycles. The van der Waals surface area contributed by atoms with Crippen molar-refractivity contribution in [1.82, 2.24) is 10.2 Å². The maximum Gasteiger partial charge on any atom is 0.0113 e. The number of piperidine rings is 2. The van der Waals surface area contributed by atoms with E-state index in [2.05, 4.69) is 17.1 Å². The van der Waals surface area contributed by atoms with Gasteiger partial charge in [0.05, 0.1) is 0 Å². The zero-order chi connectivity index (χ0) is 12.4. The second-order valence-corrected chi connectivity index (χ2v) is 6.81. The zero-order valence-corrected chi connectivity index (χ0v) is 12.0. The van der Waals surface area contributed by atoms with Crippen molar-refractivity contribution >= 4 is 0 Å². The predicted molar refractivity (Wildman–Crippen MR) is 76.8 cm³/mol. The van der Waals surface area contributed by atoms with Gasteiger partial charge < -0.3 is 5.32 Å². The largest absolute Gasteiger partial charge is 0.314 e. The molecule has 2 heteroatoms. The summed E-state index contributed by atoms with van der Waals surface area (Å²) in [7, 11) is 0. The quantitative estimate of drug-likeness (QED) is 0.824. The van der Waals surface area contributed by atoms with Gasteiger partial charge >= 0.3 is 0 Å². The van der Waals surface area contributed by atoms with Crippen LogP contribution >= 0.6 is 0 Å². The van der Waals surface area contributed by atoms with E-state index in [0.717, 1.165) is 30.6 Å². The second-order valence-electron chi connectivity index (χ2n) is 6.81. The molecule has 1 aliphatic carbocycles. The van der Waals surface area contributed by atoms with Crippen LogP contribution in [-0.2, 0) is 0 Å². The number of rotatable bonds is 4. The molecule has 0 aromatic heterocycles. The van der Waals surface area contributed by atoms with Crippen molar-refractivity contribution in [3.63, 3.8) is 0 Å². The highest BCUT2D eigenvalue weighted by Crippen LogP contribution is 2.36. The lowest BCUT2D eigenvalue weighted by molar-refractivity contribution is 0.0131. The molecular formula is C16H30N2. The highest BCUT2D eigenvalue weighted by atomic mass is 15.2. The first-order valence-electron chi connectivity index (χ1n) is 8.36. The van der Waals surface area contributed by atoms with Crippen molar-refractivity contribution in [3.05, 3.63) is 0 Å². The van der Waals surface area contributed by atoms with E-state index in [1.54, 1.807) is 0 Å². The lowest BCUT2D eigenvalue weighted by atomic mass is 9.81. The van der Waals surface area contributed by atoms with Crippen LogP contribution in [0.3, 0.4) is 0 Å². The molecule has 2 heterocycles. The van der Waals surface area contributed by atoms with Gasteiger partial charge in [-0.15, -0.1) is 0 Å². The molecule has 2 unspecified atom stereocenters. The lowest BCUT2D eigenvalue weighted by Gasteiger charge is -2.50. The van der Waals surface area contributed by atoms with Gasteiger partial charge in [0, 0.05) is 24.7 Å². The summed E-state index contributed by atoms with van der Waals surface area (Å²) >= 11 is 0. The number of fused-ring (bicyclic) bond motifs is 2. The van der Waals surface area contributed by atoms with Crippen LogP contribution in [-0.4, -0.2) is 36.1 Å². The lowest BCUT2D eigenvalue weighted by Crippen LogP contribution is -2.57. The van der Waals surface area contributed by atoms with Crippen LogP contribution in [0.1, 0.15) is 64.7 Å². The Bertz CT molecular complexity index is 246. The van der Waals surface area contributed by atoms with E-state index >= 15 is 0 Å². The average molecular weight is 250 g/mol. The summed E-state index contributed by atoms with van der Waals surface area (Å²) in [6.45, 7) is 4.82. The molecule has 0 aromatic rings. The SMILES string of the molecule is CCNC1CC2CCCC(C1)N2CC1CCCC1. The van der Waals surface area contributed by atoms with E-state index in [0.29, 0.717) is 0 Å². The molecule has 0 spiro atoms. The Kier molecular flexibility index (Phi) is 4.25. The molecule has 0 amide bonds. The zero-order valence-electron chi connectivity index (χ0n) is 12.0. The maximum atomic E-state index is 3.70. The first-order valence-corrected chi connectivity index (χ1v) is 8.36. The number of nitrogens with zero attached hydrogens (tertiary/aromatic N) is 1. The molecule has 1 N–H and O–H groups in total. The Morgan fingerprint density at radius 1 is 0.944 bits per heavy atom. The minimum atomic E-state index is 0.810. The fraction of sp³-hybridized carbons (Fsp3) is 1.00. The van der Waals surface area contributed by atoms with Gasteiger partial charge in [0.1, 0.15) is 0 Å². The highest BCUT2D eigenvalue weighted by Gasteiger charge is 2.38. The highest BCUT2D eigenvalue weighted by molar-refractivity contribution is 4.95. The summed E-state index contributed by atoms with van der Waals surface area (Å²) in [5, 5.41) is 3.70. The molecule has 2 nitrogen and oxygen atoms in total. The number of hydrogen-bond donors (Lipinski definition) is 1. The van der Waals surface area contributed by atoms with Crippen molar-refractivity contribution < 1.29 is 0 Å². The summed E-state index contributed by atoms with van der Waals surface area (Å²) in [5.41, 5.74) is 0. The molecule has 3 fully saturated rings. The fourth-order valence-electron chi connectivity index (χ4n) is 4.72. The molecule has 18 heavy (non-hydrogen) atoms. The predicted octanol–water partition coefficient (Wildman–Crippen LogP) is 3.17. The molecule has 0 radical (unpaired) electrons. The van der Waals surface area contributed by atoms with Crippen molar-refractivity contribution in [2.75, 3.05) is 13.1 Å². The first-order chi connectivity index (χ1) is 8.86. The molecule has 2 bridgehead atoms. The number of nitrogens with one attached hydrogen (secondary N) is 1. The third-order valence-electron chi connectivity index (χ3n) is 5.56. The second kappa shape index (κ2) is 5.92. The fourth-order valence-corrected chi connectivity index (χ4v) is 4.72. The Labute approximate surface area is 113 Å². The van der Waals surface area contributed by atoms with Crippen LogP contribution in [0.4, 0.5) is 0 Å². The molecule has 2 atom stereocenters. The topological polar surface area (TPSA) is 15.3 Å². The molecule has 2 saturated heterocycles. The van der Waals surface area contributed by atoms with Gasteiger partial charge in [-0.25, -0.2) is 0 Å². The summed E-state index contributed by atoms with van der Waals surface area (Å²) in [6.07, 6.45) is 13.2. The van der Waals surface area contributed by atoms with Gasteiger partial charge in [0.15, 0.2) is 0 Å². The van der Waals surface area contributed by atoms with E-state index in [4.69, 9.17) is 0 Å². The summed E-state index contributed by atoms with van der Waals surface area (Å²) in [5.74, 6) is 1.03. The van der Waals surface area contributed by atoms with Crippen LogP contribution in [0.15, 0.2) is 0 Å². The summed E-state index contributed by atoms with van der Waals surface area (Å²) in [6, 6.07) is 2.62. The van der Waals surface area contributed by atoms with E-state index in [-0.39, 0.29) is 0 Å². The monoisotopic (exact) mass is 250 g/mol. The normalized spacial score (nSPS) is 38.2. The molecule has 3 aliphatic rings. The van der Waals surface area contributed by atoms with Crippen LogP contribution < -0.4 is 5.32 Å². The smallest absolute Gasteiger partial charge is 0.0113 e. The standard InChI is InChI=1S/C16H30N2/c1-2-17-14-10-15-8-5-9-16(11-14)18(15)12-13-6-3-4-7-13/h13-17H,2-12H2,1H3. The third-order valence-corrected chi connectivity index (χ3v) is 5.56. The van der Waals surface area contributed by atoms with Gasteiger partial charge in [0.2, 0.25) is 0 Å².